The van der Waals surface area contributed by atoms with E-state index in [1.165, 1.54) is 19.1 Å². The maximum absolute atomic E-state index is 13.1. The fourth-order valence-corrected chi connectivity index (χ4v) is 1.57. The van der Waals surface area contributed by atoms with Crippen molar-refractivity contribution in [3.63, 3.8) is 0 Å². The summed E-state index contributed by atoms with van der Waals surface area (Å²) in [5.74, 6) is 5.21. The Morgan fingerprint density at radius 1 is 1.50 bits per heavy atom. The first-order valence-electron chi connectivity index (χ1n) is 4.27. The van der Waals surface area contributed by atoms with E-state index in [9.17, 15) is 9.18 Å². The van der Waals surface area contributed by atoms with Crippen molar-refractivity contribution in [2.24, 2.45) is 0 Å². The zero-order valence-electron chi connectivity index (χ0n) is 8.31. The minimum absolute atomic E-state index is 0.00498. The number of hydrogen-bond donors (Lipinski definition) is 0. The minimum Gasteiger partial charge on any atom is -0.288 e. The van der Waals surface area contributed by atoms with E-state index in [0.717, 1.165) is 11.8 Å². The Balaban J connectivity index is 2.78. The van der Waals surface area contributed by atoms with Crippen LogP contribution in [0.2, 0.25) is 10.0 Å². The highest BCUT2D eigenvalue weighted by Crippen LogP contribution is 2.25. The maximum Gasteiger partial charge on any atom is 0.186 e. The van der Waals surface area contributed by atoms with Crippen LogP contribution in [0.1, 0.15) is 12.5 Å². The van der Waals surface area contributed by atoms with Crippen molar-refractivity contribution in [3.05, 3.63) is 33.6 Å². The van der Waals surface area contributed by atoms with E-state index in [4.69, 9.17) is 23.2 Å². The van der Waals surface area contributed by atoms with Crippen LogP contribution in [0.25, 0.3) is 0 Å². The summed E-state index contributed by atoms with van der Waals surface area (Å²) in [6.45, 7) is 1.46. The first kappa shape index (κ1) is 13.4. The summed E-state index contributed by atoms with van der Waals surface area (Å²) in [6, 6.07) is 2.69. The normalized spacial score (nSPS) is 9.50. The van der Waals surface area contributed by atoms with Gasteiger partial charge in [0.15, 0.2) is 5.12 Å². The third-order valence-corrected chi connectivity index (χ3v) is 3.04. The number of carbonyl (C=O) groups is 1. The van der Waals surface area contributed by atoms with Crippen molar-refractivity contribution in [3.8, 4) is 11.8 Å². The Morgan fingerprint density at radius 2 is 2.19 bits per heavy atom. The first-order chi connectivity index (χ1) is 7.50. The largest absolute Gasteiger partial charge is 0.288 e. The Kier molecular flexibility index (Phi) is 5.14. The van der Waals surface area contributed by atoms with Crippen molar-refractivity contribution >= 4 is 40.1 Å². The minimum atomic E-state index is -0.599. The maximum atomic E-state index is 13.1. The van der Waals surface area contributed by atoms with E-state index in [2.05, 4.69) is 11.8 Å². The van der Waals surface area contributed by atoms with Crippen LogP contribution in [0.3, 0.4) is 0 Å². The lowest BCUT2D eigenvalue weighted by Crippen LogP contribution is -1.84. The van der Waals surface area contributed by atoms with Gasteiger partial charge in [-0.2, -0.15) is 0 Å². The standard InChI is InChI=1S/C11H7Cl2FOS/c1-7(15)16-4-2-3-8-5-9(12)11(13)10(14)6-8/h5-6H,4H2,1H3. The molecule has 1 rings (SSSR count). The Bertz CT molecular complexity index is 454. The molecule has 0 aromatic heterocycles. The number of carbonyl (C=O) groups excluding carboxylic acids is 1. The van der Waals surface area contributed by atoms with Crippen LogP contribution in [0.5, 0.6) is 0 Å². The monoisotopic (exact) mass is 276 g/mol. The lowest BCUT2D eigenvalue weighted by Gasteiger charge is -1.98. The molecule has 1 aromatic rings. The summed E-state index contributed by atoms with van der Waals surface area (Å²) in [7, 11) is 0. The van der Waals surface area contributed by atoms with Crippen LogP contribution < -0.4 is 0 Å². The third-order valence-electron chi connectivity index (χ3n) is 1.56. The Morgan fingerprint density at radius 3 is 2.75 bits per heavy atom. The molecule has 16 heavy (non-hydrogen) atoms. The molecular weight excluding hydrogens is 270 g/mol. The average molecular weight is 277 g/mol. The van der Waals surface area contributed by atoms with Gasteiger partial charge in [-0.25, -0.2) is 4.39 Å². The van der Waals surface area contributed by atoms with Gasteiger partial charge in [0.05, 0.1) is 15.8 Å². The fraction of sp³-hybridized carbons (Fsp3) is 0.182. The third kappa shape index (κ3) is 4.05. The molecule has 0 spiro atoms. The summed E-state index contributed by atoms with van der Waals surface area (Å²) in [5, 5.41) is 0.0186. The molecule has 84 valence electrons. The topological polar surface area (TPSA) is 17.1 Å². The number of thioether (sulfide) groups is 1. The fourth-order valence-electron chi connectivity index (χ4n) is 0.904. The molecule has 0 radical (unpaired) electrons. The molecule has 1 nitrogen and oxygen atoms in total. The molecule has 0 N–H and O–H groups in total. The first-order valence-corrected chi connectivity index (χ1v) is 6.01. The quantitative estimate of drug-likeness (QED) is 0.574. The lowest BCUT2D eigenvalue weighted by molar-refractivity contribution is -0.109. The van der Waals surface area contributed by atoms with Crippen molar-refractivity contribution in [2.45, 2.75) is 6.92 Å². The smallest absolute Gasteiger partial charge is 0.186 e. The molecule has 0 fully saturated rings. The molecule has 1 aromatic carbocycles. The van der Waals surface area contributed by atoms with Crippen LogP contribution >= 0.6 is 35.0 Å². The number of rotatable bonds is 1. The summed E-state index contributed by atoms with van der Waals surface area (Å²) >= 11 is 12.3. The highest BCUT2D eigenvalue weighted by atomic mass is 35.5. The van der Waals surface area contributed by atoms with E-state index in [1.54, 1.807) is 0 Å². The zero-order chi connectivity index (χ0) is 12.1. The molecule has 0 aliphatic heterocycles. The number of benzene rings is 1. The molecule has 0 aliphatic rings. The summed E-state index contributed by atoms with van der Waals surface area (Å²) in [4.78, 5) is 10.6. The number of halogens is 3. The molecule has 5 heteroatoms. The van der Waals surface area contributed by atoms with Crippen LogP contribution in [-0.4, -0.2) is 10.9 Å². The predicted molar refractivity (Wildman–Crippen MR) is 66.4 cm³/mol. The van der Waals surface area contributed by atoms with E-state index < -0.39 is 5.82 Å². The van der Waals surface area contributed by atoms with Crippen LogP contribution in [-0.2, 0) is 4.79 Å². The van der Waals surface area contributed by atoms with Gasteiger partial charge in [0.25, 0.3) is 0 Å². The van der Waals surface area contributed by atoms with E-state index >= 15 is 0 Å². The van der Waals surface area contributed by atoms with E-state index in [0.29, 0.717) is 11.3 Å². The van der Waals surface area contributed by atoms with Crippen molar-refractivity contribution < 1.29 is 9.18 Å². The predicted octanol–water partition coefficient (Wildman–Crippen LogP) is 3.76. The second kappa shape index (κ2) is 6.15. The SMILES string of the molecule is CC(=O)SCC#Cc1cc(F)c(Cl)c(Cl)c1. The van der Waals surface area contributed by atoms with Gasteiger partial charge < -0.3 is 0 Å². The highest BCUT2D eigenvalue weighted by Gasteiger charge is 2.05. The molecule has 0 aliphatic carbocycles. The molecule has 0 saturated heterocycles. The van der Waals surface area contributed by atoms with Gasteiger partial charge in [-0.1, -0.05) is 46.8 Å². The van der Waals surface area contributed by atoms with Gasteiger partial charge >= 0.3 is 0 Å². The molecule has 0 amide bonds. The lowest BCUT2D eigenvalue weighted by atomic mass is 10.2. The molecule has 0 bridgehead atoms. The Hall–Kier alpha value is -0.690. The average Bonchev–Trinajstić information content (AvgIpc) is 2.20. The van der Waals surface area contributed by atoms with Gasteiger partial charge in [0, 0.05) is 12.5 Å². The van der Waals surface area contributed by atoms with Gasteiger partial charge in [0.2, 0.25) is 0 Å². The highest BCUT2D eigenvalue weighted by molar-refractivity contribution is 8.13. The molecule has 0 atom stereocenters. The number of hydrogen-bond acceptors (Lipinski definition) is 2. The molecule has 0 heterocycles. The van der Waals surface area contributed by atoms with Crippen molar-refractivity contribution in [1.82, 2.24) is 0 Å². The second-order valence-electron chi connectivity index (χ2n) is 2.84. The van der Waals surface area contributed by atoms with Crippen molar-refractivity contribution in [1.29, 1.82) is 0 Å². The van der Waals surface area contributed by atoms with Crippen LogP contribution in [0, 0.1) is 17.7 Å². The zero-order valence-corrected chi connectivity index (χ0v) is 10.6. The second-order valence-corrected chi connectivity index (χ2v) is 4.77. The Labute approximate surface area is 107 Å². The summed E-state index contributed by atoms with van der Waals surface area (Å²) in [5.41, 5.74) is 0.441. The summed E-state index contributed by atoms with van der Waals surface area (Å²) < 4.78 is 13.1. The van der Waals surface area contributed by atoms with Crippen LogP contribution in [0.15, 0.2) is 12.1 Å². The summed E-state index contributed by atoms with van der Waals surface area (Å²) in [6.07, 6.45) is 0. The van der Waals surface area contributed by atoms with Gasteiger partial charge in [-0.3, -0.25) is 4.79 Å². The molecule has 0 saturated carbocycles. The molecule has 0 unspecified atom stereocenters. The van der Waals surface area contributed by atoms with E-state index in [-0.39, 0.29) is 15.2 Å². The van der Waals surface area contributed by atoms with E-state index in [1.807, 2.05) is 0 Å². The molecular formula is C11H7Cl2FOS. The van der Waals surface area contributed by atoms with Gasteiger partial charge in [-0.05, 0) is 12.1 Å². The van der Waals surface area contributed by atoms with Gasteiger partial charge in [0.1, 0.15) is 5.82 Å². The van der Waals surface area contributed by atoms with Gasteiger partial charge in [-0.15, -0.1) is 0 Å². The van der Waals surface area contributed by atoms with Crippen LogP contribution in [0.4, 0.5) is 4.39 Å². The van der Waals surface area contributed by atoms with Crippen molar-refractivity contribution in [2.75, 3.05) is 5.75 Å².